The van der Waals surface area contributed by atoms with Gasteiger partial charge in [-0.15, -0.1) is 10.2 Å². The number of likely N-dealkylation sites (tertiary alicyclic amines) is 1. The molecular weight excluding hydrogens is 490 g/mol. The minimum atomic E-state index is -4.47. The molecular formula is C24H23F4N9. The molecule has 1 fully saturated rings. The molecule has 13 heteroatoms. The van der Waals surface area contributed by atoms with Gasteiger partial charge in [-0.25, -0.2) is 24.3 Å². The lowest BCUT2D eigenvalue weighted by atomic mass is 10.1. The van der Waals surface area contributed by atoms with Crippen molar-refractivity contribution in [2.45, 2.75) is 31.7 Å². The van der Waals surface area contributed by atoms with Gasteiger partial charge < -0.3 is 15.5 Å². The summed E-state index contributed by atoms with van der Waals surface area (Å²) in [7, 11) is 2.08. The van der Waals surface area contributed by atoms with Crippen LogP contribution in [0.15, 0.2) is 42.9 Å². The Labute approximate surface area is 209 Å². The number of aromatic nitrogens is 6. The Morgan fingerprint density at radius 1 is 1.00 bits per heavy atom. The van der Waals surface area contributed by atoms with Crippen molar-refractivity contribution in [3.8, 4) is 11.4 Å². The van der Waals surface area contributed by atoms with Crippen molar-refractivity contribution < 1.29 is 17.6 Å². The van der Waals surface area contributed by atoms with Crippen LogP contribution >= 0.6 is 0 Å². The first-order chi connectivity index (χ1) is 17.8. The van der Waals surface area contributed by atoms with Gasteiger partial charge in [0.25, 0.3) is 0 Å². The topological polar surface area (TPSA) is 105 Å². The highest BCUT2D eigenvalue weighted by atomic mass is 19.4. The van der Waals surface area contributed by atoms with E-state index in [1.54, 1.807) is 12.1 Å². The van der Waals surface area contributed by atoms with Crippen molar-refractivity contribution in [1.82, 2.24) is 35.0 Å². The van der Waals surface area contributed by atoms with Gasteiger partial charge >= 0.3 is 6.18 Å². The zero-order chi connectivity index (χ0) is 26.0. The van der Waals surface area contributed by atoms with Gasteiger partial charge in [-0.1, -0.05) is 0 Å². The summed E-state index contributed by atoms with van der Waals surface area (Å²) in [6.07, 6.45) is 1.11. The first-order valence-corrected chi connectivity index (χ1v) is 11.6. The van der Waals surface area contributed by atoms with Crippen LogP contribution in [0.5, 0.6) is 0 Å². The highest BCUT2D eigenvalue weighted by molar-refractivity contribution is 5.87. The molecule has 0 radical (unpaired) electrons. The van der Waals surface area contributed by atoms with Crippen LogP contribution in [0.4, 0.5) is 34.9 Å². The third-order valence-corrected chi connectivity index (χ3v) is 6.13. The van der Waals surface area contributed by atoms with E-state index in [1.807, 2.05) is 0 Å². The van der Waals surface area contributed by atoms with Gasteiger partial charge in [0.15, 0.2) is 5.65 Å². The maximum atomic E-state index is 14.0. The lowest BCUT2D eigenvalue weighted by molar-refractivity contribution is -0.137. The van der Waals surface area contributed by atoms with E-state index in [4.69, 9.17) is 0 Å². The van der Waals surface area contributed by atoms with Crippen molar-refractivity contribution in [3.05, 3.63) is 54.0 Å². The normalized spacial score (nSPS) is 15.2. The molecule has 5 rings (SSSR count). The summed E-state index contributed by atoms with van der Waals surface area (Å²) in [6.45, 7) is 1.19. The summed E-state index contributed by atoms with van der Waals surface area (Å²) in [5, 5.41) is 14.7. The van der Waals surface area contributed by atoms with Gasteiger partial charge in [0.05, 0.1) is 17.4 Å². The predicted octanol–water partition coefficient (Wildman–Crippen LogP) is 4.61. The molecule has 0 bridgehead atoms. The minimum absolute atomic E-state index is 0.199. The predicted molar refractivity (Wildman–Crippen MR) is 130 cm³/mol. The van der Waals surface area contributed by atoms with E-state index in [0.29, 0.717) is 28.3 Å². The maximum absolute atomic E-state index is 14.0. The number of rotatable bonds is 6. The van der Waals surface area contributed by atoms with Gasteiger partial charge in [0.2, 0.25) is 0 Å². The molecule has 0 atom stereocenters. The third kappa shape index (κ3) is 5.56. The monoisotopic (exact) mass is 513 g/mol. The van der Waals surface area contributed by atoms with Gasteiger partial charge in [-0.05, 0) is 57.2 Å². The Morgan fingerprint density at radius 3 is 2.51 bits per heavy atom. The fourth-order valence-corrected chi connectivity index (χ4v) is 4.09. The molecule has 0 saturated carbocycles. The van der Waals surface area contributed by atoms with Crippen LogP contribution < -0.4 is 10.6 Å². The molecule has 0 spiro atoms. The Bertz CT molecular complexity index is 1390. The molecule has 9 nitrogen and oxygen atoms in total. The zero-order valence-corrected chi connectivity index (χ0v) is 19.8. The van der Waals surface area contributed by atoms with E-state index in [2.05, 4.69) is 52.7 Å². The fraction of sp³-hybridized carbons (Fsp3) is 0.333. The second-order valence-corrected chi connectivity index (χ2v) is 8.80. The SMILES string of the molecule is CN1CCC(Nc2cc(CF)c(-c3cnc4c(Nc5ccc(C(F)(F)F)cn5)ccnc4n3)nn2)CC1. The Morgan fingerprint density at radius 2 is 1.81 bits per heavy atom. The lowest BCUT2D eigenvalue weighted by Crippen LogP contribution is -2.36. The number of halogens is 4. The average molecular weight is 514 g/mol. The molecule has 0 unspecified atom stereocenters. The number of hydrogen-bond donors (Lipinski definition) is 2. The molecule has 1 saturated heterocycles. The minimum Gasteiger partial charge on any atom is -0.366 e. The van der Waals surface area contributed by atoms with Crippen LogP contribution in [0, 0.1) is 0 Å². The highest BCUT2D eigenvalue weighted by Crippen LogP contribution is 2.30. The summed E-state index contributed by atoms with van der Waals surface area (Å²) >= 11 is 0. The van der Waals surface area contributed by atoms with E-state index in [-0.39, 0.29) is 23.2 Å². The summed E-state index contributed by atoms with van der Waals surface area (Å²) in [5.74, 6) is 0.706. The van der Waals surface area contributed by atoms with Crippen molar-refractivity contribution in [1.29, 1.82) is 0 Å². The Balaban J connectivity index is 1.38. The van der Waals surface area contributed by atoms with Gasteiger partial charge in [-0.2, -0.15) is 13.2 Å². The summed E-state index contributed by atoms with van der Waals surface area (Å²) in [6, 6.07) is 5.64. The molecule has 2 N–H and O–H groups in total. The number of nitrogens with zero attached hydrogens (tertiary/aromatic N) is 7. The molecule has 0 amide bonds. The first-order valence-electron chi connectivity index (χ1n) is 11.6. The smallest absolute Gasteiger partial charge is 0.366 e. The van der Waals surface area contributed by atoms with Gasteiger partial charge in [0, 0.05) is 24.0 Å². The second-order valence-electron chi connectivity index (χ2n) is 8.80. The summed E-state index contributed by atoms with van der Waals surface area (Å²) in [5.41, 5.74) is 1.09. The van der Waals surface area contributed by atoms with E-state index in [1.165, 1.54) is 18.5 Å². The third-order valence-electron chi connectivity index (χ3n) is 6.13. The fourth-order valence-electron chi connectivity index (χ4n) is 4.09. The van der Waals surface area contributed by atoms with Crippen LogP contribution in [-0.4, -0.2) is 61.2 Å². The summed E-state index contributed by atoms with van der Waals surface area (Å²) in [4.78, 5) is 19.2. The van der Waals surface area contributed by atoms with Crippen molar-refractivity contribution in [3.63, 3.8) is 0 Å². The Kier molecular flexibility index (Phi) is 6.78. The molecule has 192 valence electrons. The molecule has 4 aromatic heterocycles. The number of nitrogens with one attached hydrogen (secondary N) is 2. The second kappa shape index (κ2) is 10.2. The molecule has 37 heavy (non-hydrogen) atoms. The van der Waals surface area contributed by atoms with E-state index < -0.39 is 18.4 Å². The maximum Gasteiger partial charge on any atom is 0.417 e. The molecule has 4 aromatic rings. The Hall–Kier alpha value is -4.00. The zero-order valence-electron chi connectivity index (χ0n) is 19.8. The lowest BCUT2D eigenvalue weighted by Gasteiger charge is -2.29. The standard InChI is InChI=1S/C24H23F4N9/c1-37-8-5-16(6-9-37)32-20-10-14(11-25)21(36-35-20)18-13-31-22-17(4-7-29-23(22)34-18)33-19-3-2-15(12-30-19)24(26,27)28/h2-4,7,10,12-13,16H,5-6,8-9,11H2,1H3,(H,32,35)(H,29,30,33,34). The number of piperidine rings is 1. The van der Waals surface area contributed by atoms with Crippen molar-refractivity contribution in [2.75, 3.05) is 30.8 Å². The van der Waals surface area contributed by atoms with Crippen LogP contribution in [0.2, 0.25) is 0 Å². The molecule has 0 aliphatic carbocycles. The van der Waals surface area contributed by atoms with Crippen molar-refractivity contribution in [2.24, 2.45) is 0 Å². The quantitative estimate of drug-likeness (QED) is 0.358. The van der Waals surface area contributed by atoms with E-state index in [9.17, 15) is 17.6 Å². The number of hydrogen-bond acceptors (Lipinski definition) is 9. The van der Waals surface area contributed by atoms with Gasteiger partial charge in [0.1, 0.15) is 35.2 Å². The number of fused-ring (bicyclic) bond motifs is 1. The van der Waals surface area contributed by atoms with Crippen molar-refractivity contribution >= 4 is 28.5 Å². The summed E-state index contributed by atoms with van der Waals surface area (Å²) < 4.78 is 52.4. The number of alkyl halides is 4. The number of anilines is 3. The van der Waals surface area contributed by atoms with Crippen LogP contribution in [0.3, 0.4) is 0 Å². The molecule has 5 heterocycles. The molecule has 1 aliphatic rings. The van der Waals surface area contributed by atoms with Crippen LogP contribution in [0.25, 0.3) is 22.6 Å². The van der Waals surface area contributed by atoms with E-state index >= 15 is 0 Å². The molecule has 1 aliphatic heterocycles. The highest BCUT2D eigenvalue weighted by Gasteiger charge is 2.30. The largest absolute Gasteiger partial charge is 0.417 e. The molecule has 0 aromatic carbocycles. The van der Waals surface area contributed by atoms with Crippen LogP contribution in [0.1, 0.15) is 24.0 Å². The first kappa shape index (κ1) is 24.7. The average Bonchev–Trinajstić information content (AvgIpc) is 2.89. The van der Waals surface area contributed by atoms with Crippen LogP contribution in [-0.2, 0) is 12.9 Å². The number of pyridine rings is 2. The van der Waals surface area contributed by atoms with E-state index in [0.717, 1.165) is 38.2 Å². The van der Waals surface area contributed by atoms with Gasteiger partial charge in [-0.3, -0.25) is 0 Å².